The molecule has 0 spiro atoms. The van der Waals surface area contributed by atoms with Crippen LogP contribution >= 0.6 is 0 Å². The van der Waals surface area contributed by atoms with Crippen LogP contribution in [0, 0.1) is 18.6 Å². The number of ether oxygens (including phenoxy) is 2. The number of hydrogen-bond acceptors (Lipinski definition) is 5. The molecule has 5 nitrogen and oxygen atoms in total. The van der Waals surface area contributed by atoms with Crippen LogP contribution in [0.3, 0.4) is 0 Å². The molecule has 0 aliphatic carbocycles. The Kier molecular flexibility index (Phi) is 6.74. The van der Waals surface area contributed by atoms with Crippen molar-refractivity contribution in [2.75, 3.05) is 14.2 Å². The zero-order chi connectivity index (χ0) is 22.5. The lowest BCUT2D eigenvalue weighted by Gasteiger charge is -2.11. The summed E-state index contributed by atoms with van der Waals surface area (Å²) in [6.45, 7) is 1.63. The maximum absolute atomic E-state index is 14.1. The maximum atomic E-state index is 14.1. The predicted molar refractivity (Wildman–Crippen MR) is 112 cm³/mol. The van der Waals surface area contributed by atoms with E-state index in [1.54, 1.807) is 25.1 Å². The molecule has 0 saturated heterocycles. The second kappa shape index (κ2) is 9.47. The number of carbonyl (C=O) groups is 2. The van der Waals surface area contributed by atoms with E-state index in [4.69, 9.17) is 9.47 Å². The molecule has 7 heteroatoms. The normalized spacial score (nSPS) is 10.6. The minimum Gasteiger partial charge on any atom is -0.497 e. The number of aryl methyl sites for hydroxylation is 1. The highest BCUT2D eigenvalue weighted by Gasteiger charge is 2.18. The fourth-order valence-electron chi connectivity index (χ4n) is 3.10. The molecule has 31 heavy (non-hydrogen) atoms. The fourth-order valence-corrected chi connectivity index (χ4v) is 3.10. The Morgan fingerprint density at radius 1 is 0.871 bits per heavy atom. The van der Waals surface area contributed by atoms with Gasteiger partial charge in [0, 0.05) is 24.5 Å². The van der Waals surface area contributed by atoms with Crippen molar-refractivity contribution in [3.05, 3.63) is 77.0 Å². The third-order valence-electron chi connectivity index (χ3n) is 4.85. The third kappa shape index (κ3) is 4.94. The van der Waals surface area contributed by atoms with Gasteiger partial charge in [0.15, 0.2) is 11.6 Å². The number of Topliss-reactive ketones (excluding diaryl/α,β-unsaturated/α-hetero) is 2. The molecule has 2 aromatic carbocycles. The zero-order valence-electron chi connectivity index (χ0n) is 17.4. The summed E-state index contributed by atoms with van der Waals surface area (Å²) in [5, 5.41) is 0. The number of methoxy groups -OCH3 is 2. The van der Waals surface area contributed by atoms with Gasteiger partial charge in [0.1, 0.15) is 34.5 Å². The Balaban J connectivity index is 1.79. The van der Waals surface area contributed by atoms with Gasteiger partial charge < -0.3 is 9.47 Å². The molecule has 3 rings (SSSR count). The van der Waals surface area contributed by atoms with Gasteiger partial charge in [-0.3, -0.25) is 9.59 Å². The molecule has 160 valence electrons. The van der Waals surface area contributed by atoms with Gasteiger partial charge in [0.05, 0.1) is 19.8 Å². The number of pyridine rings is 1. The number of aromatic nitrogens is 1. The summed E-state index contributed by atoms with van der Waals surface area (Å²) in [5.41, 5.74) is 1.47. The van der Waals surface area contributed by atoms with Gasteiger partial charge in [-0.2, -0.15) is 0 Å². The van der Waals surface area contributed by atoms with Gasteiger partial charge in [-0.1, -0.05) is 0 Å². The van der Waals surface area contributed by atoms with Crippen molar-refractivity contribution < 1.29 is 27.8 Å². The summed E-state index contributed by atoms with van der Waals surface area (Å²) < 4.78 is 37.9. The first-order chi connectivity index (χ1) is 14.8. The number of hydrogen-bond donors (Lipinski definition) is 0. The summed E-state index contributed by atoms with van der Waals surface area (Å²) in [6, 6.07) is 11.5. The first-order valence-corrected chi connectivity index (χ1v) is 9.55. The van der Waals surface area contributed by atoms with E-state index in [0.29, 0.717) is 28.3 Å². The molecule has 3 aromatic rings. The average Bonchev–Trinajstić information content (AvgIpc) is 2.78. The molecule has 0 aliphatic rings. The van der Waals surface area contributed by atoms with Gasteiger partial charge in [0.25, 0.3) is 0 Å². The van der Waals surface area contributed by atoms with Crippen molar-refractivity contribution >= 4 is 11.6 Å². The number of carbonyl (C=O) groups excluding carboxylic acids is 2. The Bertz CT molecular complexity index is 1140. The van der Waals surface area contributed by atoms with Crippen molar-refractivity contribution in [3.8, 4) is 22.8 Å². The third-order valence-corrected chi connectivity index (χ3v) is 4.85. The first kappa shape index (κ1) is 22.1. The molecule has 1 heterocycles. The molecule has 0 bridgehead atoms. The van der Waals surface area contributed by atoms with E-state index in [9.17, 15) is 18.4 Å². The van der Waals surface area contributed by atoms with Crippen molar-refractivity contribution in [3.63, 3.8) is 0 Å². The molecule has 0 aliphatic heterocycles. The molecule has 0 radical (unpaired) electrons. The Hall–Kier alpha value is -3.61. The topological polar surface area (TPSA) is 65.5 Å². The van der Waals surface area contributed by atoms with Crippen LogP contribution in [0.5, 0.6) is 11.5 Å². The van der Waals surface area contributed by atoms with E-state index in [1.807, 2.05) is 0 Å². The SMILES string of the molecule is COc1ccc(C(=O)CCC(=O)c2ccc(OC)c(-c3ccc(F)c(C)c3)n2)c(F)c1. The zero-order valence-corrected chi connectivity index (χ0v) is 17.4. The molecule has 0 N–H and O–H groups in total. The minimum absolute atomic E-state index is 0.0984. The Labute approximate surface area is 178 Å². The molecule has 0 atom stereocenters. The van der Waals surface area contributed by atoms with Gasteiger partial charge in [-0.25, -0.2) is 13.8 Å². The van der Waals surface area contributed by atoms with E-state index in [1.165, 1.54) is 38.5 Å². The van der Waals surface area contributed by atoms with Crippen LogP contribution in [-0.4, -0.2) is 30.8 Å². The largest absolute Gasteiger partial charge is 0.497 e. The van der Waals surface area contributed by atoms with E-state index in [-0.39, 0.29) is 35.7 Å². The minimum atomic E-state index is -0.701. The lowest BCUT2D eigenvalue weighted by atomic mass is 10.0. The lowest BCUT2D eigenvalue weighted by Crippen LogP contribution is -2.09. The van der Waals surface area contributed by atoms with E-state index in [2.05, 4.69) is 4.98 Å². The molecular formula is C24H21F2NO4. The van der Waals surface area contributed by atoms with Crippen LogP contribution in [0.25, 0.3) is 11.3 Å². The van der Waals surface area contributed by atoms with Crippen LogP contribution in [0.4, 0.5) is 8.78 Å². The average molecular weight is 425 g/mol. The number of halogens is 2. The quantitative estimate of drug-likeness (QED) is 0.464. The fraction of sp³-hybridized carbons (Fsp3) is 0.208. The van der Waals surface area contributed by atoms with Crippen LogP contribution in [0.15, 0.2) is 48.5 Å². The van der Waals surface area contributed by atoms with Crippen molar-refractivity contribution in [1.82, 2.24) is 4.98 Å². The van der Waals surface area contributed by atoms with Crippen LogP contribution < -0.4 is 9.47 Å². The molecule has 0 unspecified atom stereocenters. The monoisotopic (exact) mass is 425 g/mol. The van der Waals surface area contributed by atoms with Crippen LogP contribution in [-0.2, 0) is 0 Å². The van der Waals surface area contributed by atoms with E-state index < -0.39 is 11.6 Å². The number of benzene rings is 2. The Morgan fingerprint density at radius 3 is 2.26 bits per heavy atom. The predicted octanol–water partition coefficient (Wildman–Crippen LogP) is 5.20. The molecule has 0 amide bonds. The summed E-state index contributed by atoms with van der Waals surface area (Å²) >= 11 is 0. The highest BCUT2D eigenvalue weighted by molar-refractivity contribution is 6.01. The lowest BCUT2D eigenvalue weighted by molar-refractivity contribution is 0.0912. The first-order valence-electron chi connectivity index (χ1n) is 9.55. The van der Waals surface area contributed by atoms with Crippen molar-refractivity contribution in [2.45, 2.75) is 19.8 Å². The number of nitrogens with zero attached hydrogens (tertiary/aromatic N) is 1. The smallest absolute Gasteiger partial charge is 0.181 e. The standard InChI is InChI=1S/C24H21F2NO4/c1-14-12-15(4-7-18(14)25)24-23(31-3)11-8-20(27-24)22(29)10-9-21(28)17-6-5-16(30-2)13-19(17)26/h4-8,11-13H,9-10H2,1-3H3. The highest BCUT2D eigenvalue weighted by Crippen LogP contribution is 2.30. The van der Waals surface area contributed by atoms with E-state index >= 15 is 0 Å². The summed E-state index contributed by atoms with van der Waals surface area (Å²) in [4.78, 5) is 29.4. The molecule has 0 saturated carbocycles. The van der Waals surface area contributed by atoms with Gasteiger partial charge in [-0.05, 0) is 55.0 Å². The highest BCUT2D eigenvalue weighted by atomic mass is 19.1. The van der Waals surface area contributed by atoms with Crippen molar-refractivity contribution in [1.29, 1.82) is 0 Å². The van der Waals surface area contributed by atoms with E-state index in [0.717, 1.165) is 6.07 Å². The Morgan fingerprint density at radius 2 is 1.61 bits per heavy atom. The van der Waals surface area contributed by atoms with Crippen LogP contribution in [0.1, 0.15) is 39.3 Å². The van der Waals surface area contributed by atoms with Gasteiger partial charge >= 0.3 is 0 Å². The van der Waals surface area contributed by atoms with Crippen molar-refractivity contribution in [2.24, 2.45) is 0 Å². The maximum Gasteiger partial charge on any atom is 0.181 e. The second-order valence-electron chi connectivity index (χ2n) is 6.90. The second-order valence-corrected chi connectivity index (χ2v) is 6.90. The summed E-state index contributed by atoms with van der Waals surface area (Å²) in [5.74, 6) is -1.18. The summed E-state index contributed by atoms with van der Waals surface area (Å²) in [6.07, 6.45) is -0.299. The molecule has 0 fully saturated rings. The van der Waals surface area contributed by atoms with Gasteiger partial charge in [-0.15, -0.1) is 0 Å². The summed E-state index contributed by atoms with van der Waals surface area (Å²) in [7, 11) is 2.87. The number of ketones is 2. The van der Waals surface area contributed by atoms with Gasteiger partial charge in [0.2, 0.25) is 0 Å². The molecule has 1 aromatic heterocycles. The number of rotatable bonds is 8. The molecular weight excluding hydrogens is 404 g/mol. The van der Waals surface area contributed by atoms with Crippen LogP contribution in [0.2, 0.25) is 0 Å².